The molecule has 7 atom stereocenters. The molecule has 7 rings (SSSR count). The second kappa shape index (κ2) is 9.51. The molecule has 1 aromatic heterocycles. The fourth-order valence-corrected chi connectivity index (χ4v) is 9.76. The third kappa shape index (κ3) is 3.76. The minimum atomic E-state index is -1.45. The second-order valence-corrected chi connectivity index (χ2v) is 13.5. The highest BCUT2D eigenvalue weighted by Gasteiger charge is 2.70. The molecule has 1 N–H and O–H groups in total. The molecule has 1 aromatic carbocycles. The van der Waals surface area contributed by atoms with Gasteiger partial charge in [-0.3, -0.25) is 4.79 Å². The molecule has 2 aromatic rings. The largest absolute Gasteiger partial charge is 0.486 e. The summed E-state index contributed by atoms with van der Waals surface area (Å²) in [5, 5.41) is 15.9. The minimum Gasteiger partial charge on any atom is -0.486 e. The SMILES string of the molecule is C[C@]12Cc3cnn(-c4ccc(F)cc4F)c3C=C1CC[C@@H]1[C@@H]2[C@@H](O)C[C@@]2(C)[C@H]1CC[C@]2(OC(=O)C1=CCCO1)C(=O)S. The highest BCUT2D eigenvalue weighted by Crippen LogP contribution is 2.68. The van der Waals surface area contributed by atoms with Gasteiger partial charge in [0.1, 0.15) is 11.5 Å². The maximum atomic E-state index is 14.7. The zero-order chi connectivity index (χ0) is 29.6. The topological polar surface area (TPSA) is 90.7 Å². The van der Waals surface area contributed by atoms with Crippen LogP contribution in [0.2, 0.25) is 0 Å². The number of hydrogen-bond acceptors (Lipinski definition) is 6. The zero-order valence-corrected chi connectivity index (χ0v) is 24.5. The van der Waals surface area contributed by atoms with Crippen molar-refractivity contribution < 1.29 is 33.0 Å². The van der Waals surface area contributed by atoms with Crippen molar-refractivity contribution in [2.24, 2.45) is 28.6 Å². The van der Waals surface area contributed by atoms with Crippen molar-refractivity contribution in [1.82, 2.24) is 9.78 Å². The van der Waals surface area contributed by atoms with Crippen molar-refractivity contribution >= 4 is 29.8 Å². The first kappa shape index (κ1) is 27.8. The van der Waals surface area contributed by atoms with Crippen molar-refractivity contribution in [3.63, 3.8) is 0 Å². The third-order valence-corrected chi connectivity index (χ3v) is 11.6. The first-order chi connectivity index (χ1) is 20.0. The van der Waals surface area contributed by atoms with Crippen molar-refractivity contribution in [2.75, 3.05) is 6.61 Å². The smallest absolute Gasteiger partial charge is 0.374 e. The fraction of sp³-hybridized carbons (Fsp3) is 0.531. The molecule has 0 spiro atoms. The lowest BCUT2D eigenvalue weighted by atomic mass is 9.45. The van der Waals surface area contributed by atoms with E-state index in [1.54, 1.807) is 12.3 Å². The van der Waals surface area contributed by atoms with Gasteiger partial charge in [0.25, 0.3) is 0 Å². The summed E-state index contributed by atoms with van der Waals surface area (Å²) < 4.78 is 41.2. The van der Waals surface area contributed by atoms with Gasteiger partial charge in [0.15, 0.2) is 11.4 Å². The number of hydrogen-bond donors (Lipinski definition) is 2. The van der Waals surface area contributed by atoms with Crippen LogP contribution in [0, 0.1) is 40.2 Å². The van der Waals surface area contributed by atoms with Gasteiger partial charge < -0.3 is 14.6 Å². The van der Waals surface area contributed by atoms with Crippen molar-refractivity contribution in [3.8, 4) is 5.69 Å². The molecule has 3 fully saturated rings. The van der Waals surface area contributed by atoms with Crippen LogP contribution < -0.4 is 0 Å². The molecule has 2 heterocycles. The van der Waals surface area contributed by atoms with Crippen LogP contribution in [0.25, 0.3) is 11.8 Å². The zero-order valence-electron chi connectivity index (χ0n) is 23.6. The van der Waals surface area contributed by atoms with E-state index in [-0.39, 0.29) is 34.6 Å². The Labute approximate surface area is 248 Å². The summed E-state index contributed by atoms with van der Waals surface area (Å²) in [6.45, 7) is 4.57. The lowest BCUT2D eigenvalue weighted by molar-refractivity contribution is -0.195. The van der Waals surface area contributed by atoms with E-state index < -0.39 is 39.8 Å². The van der Waals surface area contributed by atoms with Crippen molar-refractivity contribution in [2.45, 2.75) is 70.5 Å². The Hall–Kier alpha value is -2.98. The molecule has 1 aliphatic heterocycles. The summed E-state index contributed by atoms with van der Waals surface area (Å²) in [6.07, 6.45) is 8.88. The minimum absolute atomic E-state index is 0.0454. The Bertz CT molecular complexity index is 1570. The summed E-state index contributed by atoms with van der Waals surface area (Å²) in [6, 6.07) is 3.47. The number of rotatable bonds is 4. The molecule has 5 aliphatic rings. The molecule has 0 amide bonds. The number of benzene rings is 1. The van der Waals surface area contributed by atoms with E-state index in [0.29, 0.717) is 38.7 Å². The number of aromatic nitrogens is 2. The molecule has 0 radical (unpaired) electrons. The molecular formula is C32H34F2N2O5S. The number of carbonyl (C=O) groups excluding carboxylic acids is 2. The van der Waals surface area contributed by atoms with Crippen LogP contribution in [0.1, 0.15) is 63.6 Å². The van der Waals surface area contributed by atoms with Crippen molar-refractivity contribution in [3.05, 3.63) is 64.7 Å². The molecule has 222 valence electrons. The number of aliphatic hydroxyl groups is 1. The van der Waals surface area contributed by atoms with Crippen LogP contribution in [0.4, 0.5) is 8.78 Å². The van der Waals surface area contributed by atoms with Crippen LogP contribution in [-0.4, -0.2) is 44.3 Å². The number of fused-ring (bicyclic) bond motifs is 6. The Balaban J connectivity index is 1.22. The standard InChI is InChI=1S/C32H34F2N2O5S/c1-30-14-17-16-35-36(23-8-6-19(33)13-22(23)34)24(17)12-18(30)5-7-20-21-9-10-32(29(39)42,31(21,2)15-25(37)27(20)30)41-28(38)26-4-3-11-40-26/h4,6,8,12-13,16,20-21,25,27,37H,3,5,7,9-11,14-15H2,1-2H3,(H,39,42)/t20-,21-,25-,27+,30-,31-,32-/m0/s1. The molecule has 7 nitrogen and oxygen atoms in total. The van der Waals surface area contributed by atoms with Crippen LogP contribution in [0.15, 0.2) is 41.8 Å². The summed E-state index contributed by atoms with van der Waals surface area (Å²) in [5.41, 5.74) is 0.467. The first-order valence-corrected chi connectivity index (χ1v) is 15.1. The molecule has 3 saturated carbocycles. The molecule has 4 aliphatic carbocycles. The Morgan fingerprint density at radius 1 is 1.24 bits per heavy atom. The molecule has 10 heteroatoms. The molecule has 42 heavy (non-hydrogen) atoms. The molecule has 0 unspecified atom stereocenters. The van der Waals surface area contributed by atoms with E-state index in [0.717, 1.165) is 30.2 Å². The molecular weight excluding hydrogens is 562 g/mol. The number of allylic oxidation sites excluding steroid dienone is 1. The maximum Gasteiger partial charge on any atom is 0.374 e. The number of esters is 1. The number of aliphatic hydroxyl groups excluding tert-OH is 1. The lowest BCUT2D eigenvalue weighted by Crippen LogP contribution is -2.62. The monoisotopic (exact) mass is 596 g/mol. The van der Waals surface area contributed by atoms with Gasteiger partial charge in [-0.15, -0.1) is 12.6 Å². The number of carbonyl (C=O) groups is 2. The van der Waals surface area contributed by atoms with Gasteiger partial charge in [-0.1, -0.05) is 19.4 Å². The predicted molar refractivity (Wildman–Crippen MR) is 152 cm³/mol. The average Bonchev–Trinajstić information content (AvgIpc) is 3.66. The Kier molecular flexibility index (Phi) is 6.30. The maximum absolute atomic E-state index is 14.7. The van der Waals surface area contributed by atoms with Gasteiger partial charge in [0, 0.05) is 17.9 Å². The van der Waals surface area contributed by atoms with Gasteiger partial charge in [-0.25, -0.2) is 18.3 Å². The number of nitrogens with zero attached hydrogens (tertiary/aromatic N) is 2. The third-order valence-electron chi connectivity index (χ3n) is 11.2. The first-order valence-electron chi connectivity index (χ1n) is 14.7. The van der Waals surface area contributed by atoms with Crippen molar-refractivity contribution in [1.29, 1.82) is 0 Å². The summed E-state index contributed by atoms with van der Waals surface area (Å²) in [4.78, 5) is 26.3. The fourth-order valence-electron chi connectivity index (χ4n) is 9.35. The van der Waals surface area contributed by atoms with Crippen LogP contribution in [0.5, 0.6) is 0 Å². The predicted octanol–water partition coefficient (Wildman–Crippen LogP) is 5.35. The van der Waals surface area contributed by atoms with Gasteiger partial charge in [0.05, 0.1) is 24.6 Å². The Morgan fingerprint density at radius 2 is 2.05 bits per heavy atom. The van der Waals surface area contributed by atoms with Gasteiger partial charge in [-0.2, -0.15) is 5.10 Å². The molecule has 0 bridgehead atoms. The second-order valence-electron chi connectivity index (χ2n) is 13.1. The molecule has 0 saturated heterocycles. The van der Waals surface area contributed by atoms with E-state index in [1.807, 2.05) is 6.92 Å². The van der Waals surface area contributed by atoms with E-state index in [2.05, 4.69) is 30.7 Å². The normalized spacial score (nSPS) is 36.5. The summed E-state index contributed by atoms with van der Waals surface area (Å²) in [5.74, 6) is -1.79. The van der Waals surface area contributed by atoms with Gasteiger partial charge >= 0.3 is 5.97 Å². The number of thiol groups is 1. The van der Waals surface area contributed by atoms with E-state index in [1.165, 1.54) is 22.4 Å². The van der Waals surface area contributed by atoms with Crippen LogP contribution >= 0.6 is 12.6 Å². The quantitative estimate of drug-likeness (QED) is 0.366. The summed E-state index contributed by atoms with van der Waals surface area (Å²) in [7, 11) is 0. The highest BCUT2D eigenvalue weighted by molar-refractivity contribution is 7.96. The van der Waals surface area contributed by atoms with Gasteiger partial charge in [-0.05, 0) is 91.5 Å². The number of ether oxygens (including phenoxy) is 2. The Morgan fingerprint density at radius 3 is 2.76 bits per heavy atom. The van der Waals surface area contributed by atoms with Crippen LogP contribution in [0.3, 0.4) is 0 Å². The van der Waals surface area contributed by atoms with Crippen LogP contribution in [-0.2, 0) is 25.5 Å². The highest BCUT2D eigenvalue weighted by atomic mass is 32.1. The van der Waals surface area contributed by atoms with E-state index in [4.69, 9.17) is 9.47 Å². The van der Waals surface area contributed by atoms with E-state index >= 15 is 0 Å². The number of halogens is 2. The van der Waals surface area contributed by atoms with E-state index in [9.17, 15) is 23.5 Å². The summed E-state index contributed by atoms with van der Waals surface area (Å²) >= 11 is 4.26. The average molecular weight is 597 g/mol. The van der Waals surface area contributed by atoms with Gasteiger partial charge in [0.2, 0.25) is 10.9 Å². The lowest BCUT2D eigenvalue weighted by Gasteiger charge is -2.60.